The third-order valence-electron chi connectivity index (χ3n) is 2.53. The molecule has 67 valence electrons. The average molecular weight is 174 g/mol. The summed E-state index contributed by atoms with van der Waals surface area (Å²) in [4.78, 5) is 13.6. The van der Waals surface area contributed by atoms with Gasteiger partial charge in [-0.15, -0.1) is 0 Å². The monoisotopic (exact) mass is 174 g/mol. The maximum Gasteiger partial charge on any atom is 0.254 e. The van der Waals surface area contributed by atoms with Gasteiger partial charge in [0, 0.05) is 18.2 Å². The topological polar surface area (TPSA) is 20.3 Å². The summed E-state index contributed by atoms with van der Waals surface area (Å²) in [7, 11) is 0. The maximum atomic E-state index is 11.7. The molecule has 2 nitrogen and oxygen atoms in total. The first kappa shape index (κ1) is 8.30. The molecule has 1 heterocycles. The van der Waals surface area contributed by atoms with Crippen molar-refractivity contribution in [3.05, 3.63) is 35.9 Å². The van der Waals surface area contributed by atoms with Crippen molar-refractivity contribution in [2.45, 2.75) is 19.4 Å². The third-order valence-corrected chi connectivity index (χ3v) is 2.53. The second-order valence-electron chi connectivity index (χ2n) is 3.43. The highest BCUT2D eigenvalue weighted by Crippen LogP contribution is 2.19. The molecule has 1 aromatic carbocycles. The fourth-order valence-electron chi connectivity index (χ4n) is 1.51. The Morgan fingerprint density at radius 1 is 1.69 bits per heavy atom. The van der Waals surface area contributed by atoms with E-state index in [1.165, 1.54) is 0 Å². The largest absolute Gasteiger partial charge is 0.336 e. The molecule has 1 saturated heterocycles. The number of hydrogen-bond acceptors (Lipinski definition) is 1. The van der Waals surface area contributed by atoms with E-state index >= 15 is 0 Å². The molecule has 1 radical (unpaired) electrons. The fourth-order valence-corrected chi connectivity index (χ4v) is 1.51. The Labute approximate surface area is 78.2 Å². The van der Waals surface area contributed by atoms with E-state index in [4.69, 9.17) is 0 Å². The first-order chi connectivity index (χ1) is 6.29. The molecule has 1 aliphatic heterocycles. The van der Waals surface area contributed by atoms with E-state index in [9.17, 15) is 4.79 Å². The van der Waals surface area contributed by atoms with Gasteiger partial charge in [0.2, 0.25) is 0 Å². The molecule has 0 N–H and O–H groups in total. The molecule has 1 fully saturated rings. The third kappa shape index (κ3) is 1.44. The van der Waals surface area contributed by atoms with Gasteiger partial charge in [0.25, 0.3) is 5.91 Å². The molecular formula is C11H12NO. The van der Waals surface area contributed by atoms with E-state index in [1.54, 1.807) is 12.1 Å². The van der Waals surface area contributed by atoms with Crippen molar-refractivity contribution in [3.63, 3.8) is 0 Å². The van der Waals surface area contributed by atoms with Crippen LogP contribution in [0.1, 0.15) is 23.7 Å². The number of amides is 1. The van der Waals surface area contributed by atoms with Gasteiger partial charge >= 0.3 is 0 Å². The zero-order chi connectivity index (χ0) is 9.26. The van der Waals surface area contributed by atoms with Gasteiger partial charge in [-0.1, -0.05) is 12.1 Å². The lowest BCUT2D eigenvalue weighted by atomic mass is 10.0. The molecule has 1 aromatic rings. The lowest BCUT2D eigenvalue weighted by molar-refractivity contribution is 0.0502. The highest BCUT2D eigenvalue weighted by Gasteiger charge is 2.28. The summed E-state index contributed by atoms with van der Waals surface area (Å²) in [6.07, 6.45) is 1.13. The smallest absolute Gasteiger partial charge is 0.254 e. The maximum absolute atomic E-state index is 11.7. The van der Waals surface area contributed by atoms with Gasteiger partial charge in [-0.25, -0.2) is 0 Å². The van der Waals surface area contributed by atoms with Crippen LogP contribution in [0.4, 0.5) is 0 Å². The molecule has 2 heteroatoms. The Kier molecular flexibility index (Phi) is 2.05. The second kappa shape index (κ2) is 3.21. The first-order valence-electron chi connectivity index (χ1n) is 4.56. The first-order valence-corrected chi connectivity index (χ1v) is 4.56. The molecule has 0 aromatic heterocycles. The van der Waals surface area contributed by atoms with Crippen molar-refractivity contribution in [1.82, 2.24) is 4.90 Å². The quantitative estimate of drug-likeness (QED) is 0.634. The molecule has 1 amide bonds. The van der Waals surface area contributed by atoms with E-state index in [-0.39, 0.29) is 5.91 Å². The standard InChI is InChI=1S/C11H12NO/c1-9-7-8-12(9)11(13)10-5-3-2-4-6-10/h2-3,5-6,9H,7-8H2,1H3. The van der Waals surface area contributed by atoms with Gasteiger partial charge in [-0.05, 0) is 31.5 Å². The Balaban J connectivity index is 2.14. The SMILES string of the molecule is CC1CCN1C(=O)c1c[c]ccc1. The van der Waals surface area contributed by atoms with Gasteiger partial charge in [0.15, 0.2) is 0 Å². The Bertz CT molecular complexity index is 307. The minimum absolute atomic E-state index is 0.135. The van der Waals surface area contributed by atoms with Gasteiger partial charge in [-0.2, -0.15) is 0 Å². The van der Waals surface area contributed by atoms with Crippen LogP contribution in [0.5, 0.6) is 0 Å². The molecule has 1 atom stereocenters. The number of likely N-dealkylation sites (tertiary alicyclic amines) is 1. The normalized spacial score (nSPS) is 21.0. The number of carbonyl (C=O) groups is 1. The predicted octanol–water partition coefficient (Wildman–Crippen LogP) is 1.72. The van der Waals surface area contributed by atoms with Crippen molar-refractivity contribution in [2.24, 2.45) is 0 Å². The van der Waals surface area contributed by atoms with Crippen LogP contribution in [0.25, 0.3) is 0 Å². The molecule has 0 spiro atoms. The molecule has 0 saturated carbocycles. The van der Waals surface area contributed by atoms with Crippen molar-refractivity contribution >= 4 is 5.91 Å². The molecule has 1 aliphatic rings. The Hall–Kier alpha value is -1.31. The van der Waals surface area contributed by atoms with E-state index in [1.807, 2.05) is 17.0 Å². The summed E-state index contributed by atoms with van der Waals surface area (Å²) in [5.74, 6) is 0.135. The van der Waals surface area contributed by atoms with Crippen molar-refractivity contribution in [3.8, 4) is 0 Å². The summed E-state index contributed by atoms with van der Waals surface area (Å²) in [5.41, 5.74) is 0.744. The van der Waals surface area contributed by atoms with Gasteiger partial charge in [0.05, 0.1) is 0 Å². The summed E-state index contributed by atoms with van der Waals surface area (Å²) in [6.45, 7) is 2.98. The molecule has 13 heavy (non-hydrogen) atoms. The summed E-state index contributed by atoms with van der Waals surface area (Å²) < 4.78 is 0. The van der Waals surface area contributed by atoms with Crippen LogP contribution >= 0.6 is 0 Å². The van der Waals surface area contributed by atoms with Crippen molar-refractivity contribution in [1.29, 1.82) is 0 Å². The van der Waals surface area contributed by atoms with E-state index in [0.717, 1.165) is 18.5 Å². The molecule has 0 bridgehead atoms. The number of nitrogens with zero attached hydrogens (tertiary/aromatic N) is 1. The Morgan fingerprint density at radius 2 is 2.54 bits per heavy atom. The summed E-state index contributed by atoms with van der Waals surface area (Å²) in [6, 6.07) is 10.5. The highest BCUT2D eigenvalue weighted by molar-refractivity contribution is 5.94. The number of hydrogen-bond donors (Lipinski definition) is 0. The average Bonchev–Trinajstić information content (AvgIpc) is 2.17. The lowest BCUT2D eigenvalue weighted by Gasteiger charge is -2.38. The van der Waals surface area contributed by atoms with E-state index < -0.39 is 0 Å². The summed E-state index contributed by atoms with van der Waals surface area (Å²) in [5, 5.41) is 0. The molecule has 0 aliphatic carbocycles. The molecule has 2 rings (SSSR count). The van der Waals surface area contributed by atoms with Crippen LogP contribution in [-0.2, 0) is 0 Å². The number of rotatable bonds is 1. The van der Waals surface area contributed by atoms with Crippen LogP contribution in [0.15, 0.2) is 24.3 Å². The second-order valence-corrected chi connectivity index (χ2v) is 3.43. The zero-order valence-corrected chi connectivity index (χ0v) is 7.66. The highest BCUT2D eigenvalue weighted by atomic mass is 16.2. The van der Waals surface area contributed by atoms with Crippen LogP contribution < -0.4 is 0 Å². The summed E-state index contributed by atoms with van der Waals surface area (Å²) >= 11 is 0. The number of benzene rings is 1. The minimum atomic E-state index is 0.135. The van der Waals surface area contributed by atoms with Crippen molar-refractivity contribution < 1.29 is 4.79 Å². The van der Waals surface area contributed by atoms with Gasteiger partial charge < -0.3 is 4.90 Å². The van der Waals surface area contributed by atoms with Gasteiger partial charge in [0.1, 0.15) is 0 Å². The fraction of sp³-hybridized carbons (Fsp3) is 0.364. The van der Waals surface area contributed by atoms with Crippen LogP contribution in [0, 0.1) is 6.07 Å². The van der Waals surface area contributed by atoms with E-state index in [0.29, 0.717) is 6.04 Å². The van der Waals surface area contributed by atoms with Crippen LogP contribution in [0.2, 0.25) is 0 Å². The van der Waals surface area contributed by atoms with Gasteiger partial charge in [-0.3, -0.25) is 4.79 Å². The zero-order valence-electron chi connectivity index (χ0n) is 7.66. The number of carbonyl (C=O) groups excluding carboxylic acids is 1. The molecular weight excluding hydrogens is 162 g/mol. The Morgan fingerprint density at radius 3 is 3.00 bits per heavy atom. The minimum Gasteiger partial charge on any atom is -0.336 e. The lowest BCUT2D eigenvalue weighted by Crippen LogP contribution is -2.49. The van der Waals surface area contributed by atoms with E-state index in [2.05, 4.69) is 13.0 Å². The van der Waals surface area contributed by atoms with Crippen molar-refractivity contribution in [2.75, 3.05) is 6.54 Å². The molecule has 1 unspecified atom stereocenters. The van der Waals surface area contributed by atoms with Crippen LogP contribution in [0.3, 0.4) is 0 Å². The predicted molar refractivity (Wildman–Crippen MR) is 50.4 cm³/mol. The van der Waals surface area contributed by atoms with Crippen LogP contribution in [-0.4, -0.2) is 23.4 Å².